The van der Waals surface area contributed by atoms with Gasteiger partial charge in [0.25, 0.3) is 0 Å². The molecule has 1 unspecified atom stereocenters. The van der Waals surface area contributed by atoms with Crippen LogP contribution < -0.4 is 5.73 Å². The number of benzene rings is 1. The van der Waals surface area contributed by atoms with Gasteiger partial charge in [-0.15, -0.1) is 0 Å². The molecule has 4 heteroatoms. The van der Waals surface area contributed by atoms with Crippen LogP contribution in [0.15, 0.2) is 24.3 Å². The minimum absolute atomic E-state index is 0.0509. The molecule has 0 spiro atoms. The summed E-state index contributed by atoms with van der Waals surface area (Å²) in [5.74, 6) is 0. The van der Waals surface area contributed by atoms with Crippen molar-refractivity contribution in [1.29, 1.82) is 0 Å². The summed E-state index contributed by atoms with van der Waals surface area (Å²) in [7, 11) is 0. The van der Waals surface area contributed by atoms with Gasteiger partial charge in [-0.2, -0.15) is 5.10 Å². The molecule has 20 heavy (non-hydrogen) atoms. The van der Waals surface area contributed by atoms with Crippen LogP contribution >= 0.6 is 11.6 Å². The molecule has 0 aliphatic carbocycles. The standard InChI is InChI=1S/C16H22ClN3/c1-4-12-8-6-7-9-13(12)14(18)10-15-16(17)11(3)19-20(15)5-2/h6-9,14H,4-5,10,18H2,1-3H3. The number of hydrogen-bond donors (Lipinski definition) is 1. The summed E-state index contributed by atoms with van der Waals surface area (Å²) in [4.78, 5) is 0. The number of nitrogens with two attached hydrogens (primary N) is 1. The van der Waals surface area contributed by atoms with E-state index in [1.807, 2.05) is 17.7 Å². The van der Waals surface area contributed by atoms with Crippen LogP contribution in [0.4, 0.5) is 0 Å². The van der Waals surface area contributed by atoms with Crippen LogP contribution in [0.3, 0.4) is 0 Å². The van der Waals surface area contributed by atoms with Gasteiger partial charge in [0.1, 0.15) is 0 Å². The quantitative estimate of drug-likeness (QED) is 0.913. The molecule has 0 amide bonds. The molecule has 1 atom stereocenters. The molecular weight excluding hydrogens is 270 g/mol. The highest BCUT2D eigenvalue weighted by molar-refractivity contribution is 6.31. The average molecular weight is 292 g/mol. The third-order valence-corrected chi connectivity index (χ3v) is 4.19. The first-order valence-electron chi connectivity index (χ1n) is 7.13. The van der Waals surface area contributed by atoms with E-state index in [1.165, 1.54) is 11.1 Å². The Hall–Kier alpha value is -1.32. The van der Waals surface area contributed by atoms with Gasteiger partial charge in [-0.3, -0.25) is 4.68 Å². The van der Waals surface area contributed by atoms with E-state index < -0.39 is 0 Å². The third-order valence-electron chi connectivity index (χ3n) is 3.70. The minimum Gasteiger partial charge on any atom is -0.324 e. The predicted molar refractivity (Wildman–Crippen MR) is 84.1 cm³/mol. The number of rotatable bonds is 5. The third kappa shape index (κ3) is 2.89. The fourth-order valence-electron chi connectivity index (χ4n) is 2.60. The predicted octanol–water partition coefficient (Wildman–Crippen LogP) is 3.67. The van der Waals surface area contributed by atoms with Crippen LogP contribution in [-0.2, 0) is 19.4 Å². The topological polar surface area (TPSA) is 43.8 Å². The second-order valence-corrected chi connectivity index (χ2v) is 5.40. The van der Waals surface area contributed by atoms with Gasteiger partial charge in [-0.25, -0.2) is 0 Å². The van der Waals surface area contributed by atoms with Crippen molar-refractivity contribution in [2.45, 2.75) is 46.2 Å². The molecule has 2 N–H and O–H groups in total. The number of hydrogen-bond acceptors (Lipinski definition) is 2. The Balaban J connectivity index is 2.30. The van der Waals surface area contributed by atoms with Gasteiger partial charge in [0, 0.05) is 19.0 Å². The second-order valence-electron chi connectivity index (χ2n) is 5.02. The number of aryl methyl sites for hydroxylation is 3. The van der Waals surface area contributed by atoms with Crippen molar-refractivity contribution in [3.63, 3.8) is 0 Å². The van der Waals surface area contributed by atoms with E-state index in [2.05, 4.69) is 37.1 Å². The Bertz CT molecular complexity index is 589. The normalized spacial score (nSPS) is 12.7. The van der Waals surface area contributed by atoms with Crippen molar-refractivity contribution < 1.29 is 0 Å². The zero-order chi connectivity index (χ0) is 14.7. The van der Waals surface area contributed by atoms with Crippen molar-refractivity contribution in [3.05, 3.63) is 51.8 Å². The van der Waals surface area contributed by atoms with Crippen molar-refractivity contribution in [1.82, 2.24) is 9.78 Å². The highest BCUT2D eigenvalue weighted by Crippen LogP contribution is 2.26. The first-order valence-corrected chi connectivity index (χ1v) is 7.51. The van der Waals surface area contributed by atoms with Gasteiger partial charge in [0.05, 0.1) is 16.4 Å². The van der Waals surface area contributed by atoms with E-state index >= 15 is 0 Å². The maximum absolute atomic E-state index is 6.41. The van der Waals surface area contributed by atoms with Crippen molar-refractivity contribution in [3.8, 4) is 0 Å². The van der Waals surface area contributed by atoms with Gasteiger partial charge in [0.2, 0.25) is 0 Å². The van der Waals surface area contributed by atoms with Crippen LogP contribution in [0.1, 0.15) is 42.4 Å². The molecule has 1 heterocycles. The molecule has 1 aromatic carbocycles. The lowest BCUT2D eigenvalue weighted by Crippen LogP contribution is -2.18. The Labute approximate surface area is 125 Å². The summed E-state index contributed by atoms with van der Waals surface area (Å²) in [6.45, 7) is 6.96. The summed E-state index contributed by atoms with van der Waals surface area (Å²) in [6, 6.07) is 8.29. The molecule has 0 saturated carbocycles. The molecule has 0 bridgehead atoms. The van der Waals surface area contributed by atoms with E-state index in [0.29, 0.717) is 6.42 Å². The van der Waals surface area contributed by atoms with Crippen LogP contribution in [0, 0.1) is 6.92 Å². The Morgan fingerprint density at radius 1 is 1.30 bits per heavy atom. The lowest BCUT2D eigenvalue weighted by atomic mass is 9.96. The fourth-order valence-corrected chi connectivity index (χ4v) is 2.81. The van der Waals surface area contributed by atoms with Crippen molar-refractivity contribution >= 4 is 11.6 Å². The summed E-state index contributed by atoms with van der Waals surface area (Å²) < 4.78 is 1.95. The second kappa shape index (κ2) is 6.42. The lowest BCUT2D eigenvalue weighted by Gasteiger charge is -2.16. The molecule has 0 aliphatic heterocycles. The monoisotopic (exact) mass is 291 g/mol. The van der Waals surface area contributed by atoms with E-state index in [4.69, 9.17) is 17.3 Å². The SMILES string of the molecule is CCc1ccccc1C(N)Cc1c(Cl)c(C)nn1CC. The van der Waals surface area contributed by atoms with Crippen molar-refractivity contribution in [2.75, 3.05) is 0 Å². The molecule has 2 rings (SSSR count). The highest BCUT2D eigenvalue weighted by atomic mass is 35.5. The van der Waals surface area contributed by atoms with Gasteiger partial charge in [-0.05, 0) is 31.4 Å². The molecule has 1 aromatic heterocycles. The molecule has 3 nitrogen and oxygen atoms in total. The number of nitrogens with zero attached hydrogens (tertiary/aromatic N) is 2. The lowest BCUT2D eigenvalue weighted by molar-refractivity contribution is 0.586. The zero-order valence-corrected chi connectivity index (χ0v) is 13.1. The smallest absolute Gasteiger partial charge is 0.0847 e. The molecule has 0 radical (unpaired) electrons. The summed E-state index contributed by atoms with van der Waals surface area (Å²) in [5, 5.41) is 5.19. The average Bonchev–Trinajstić information content (AvgIpc) is 2.74. The highest BCUT2D eigenvalue weighted by Gasteiger charge is 2.18. The van der Waals surface area contributed by atoms with Gasteiger partial charge in [0.15, 0.2) is 0 Å². The molecule has 108 valence electrons. The van der Waals surface area contributed by atoms with Gasteiger partial charge >= 0.3 is 0 Å². The van der Waals surface area contributed by atoms with Crippen molar-refractivity contribution in [2.24, 2.45) is 5.73 Å². The minimum atomic E-state index is -0.0509. The van der Waals surface area contributed by atoms with E-state index in [9.17, 15) is 0 Å². The van der Waals surface area contributed by atoms with Crippen LogP contribution in [0.5, 0.6) is 0 Å². The fraction of sp³-hybridized carbons (Fsp3) is 0.438. The maximum Gasteiger partial charge on any atom is 0.0847 e. The molecular formula is C16H22ClN3. The largest absolute Gasteiger partial charge is 0.324 e. The molecule has 2 aromatic rings. The van der Waals surface area contributed by atoms with E-state index in [0.717, 1.165) is 29.4 Å². The van der Waals surface area contributed by atoms with Crippen LogP contribution in [0.25, 0.3) is 0 Å². The summed E-state index contributed by atoms with van der Waals surface area (Å²) in [5.41, 5.74) is 10.8. The number of halogens is 1. The molecule has 0 aliphatic rings. The number of aromatic nitrogens is 2. The molecule has 0 fully saturated rings. The van der Waals surface area contributed by atoms with Gasteiger partial charge in [-0.1, -0.05) is 42.8 Å². The molecule has 0 saturated heterocycles. The summed E-state index contributed by atoms with van der Waals surface area (Å²) >= 11 is 6.36. The Morgan fingerprint density at radius 3 is 2.65 bits per heavy atom. The van der Waals surface area contributed by atoms with E-state index in [-0.39, 0.29) is 6.04 Å². The first-order chi connectivity index (χ1) is 9.58. The summed E-state index contributed by atoms with van der Waals surface area (Å²) in [6.07, 6.45) is 1.70. The van der Waals surface area contributed by atoms with Crippen LogP contribution in [-0.4, -0.2) is 9.78 Å². The van der Waals surface area contributed by atoms with Crippen LogP contribution in [0.2, 0.25) is 5.02 Å². The Morgan fingerprint density at radius 2 is 2.00 bits per heavy atom. The zero-order valence-electron chi connectivity index (χ0n) is 12.4. The maximum atomic E-state index is 6.41. The first kappa shape index (κ1) is 15.1. The van der Waals surface area contributed by atoms with E-state index in [1.54, 1.807) is 0 Å². The Kier molecular flexibility index (Phi) is 4.84. The van der Waals surface area contributed by atoms with Gasteiger partial charge < -0.3 is 5.73 Å².